The molecular formula is C20H13ClF3N5O. The van der Waals surface area contributed by atoms with Gasteiger partial charge in [0.15, 0.2) is 16.5 Å². The van der Waals surface area contributed by atoms with E-state index in [0.29, 0.717) is 10.1 Å². The van der Waals surface area contributed by atoms with Crippen LogP contribution < -0.4 is 5.32 Å². The SMILES string of the molecule is Cc1ccc(-c2cc(C(F)(F)F)n3ncc(C(=O)Nc4cccnc4Cl)c3n2)cc1. The molecule has 0 aliphatic rings. The van der Waals surface area contributed by atoms with Gasteiger partial charge in [-0.05, 0) is 25.1 Å². The van der Waals surface area contributed by atoms with Crippen molar-refractivity contribution in [1.82, 2.24) is 19.6 Å². The van der Waals surface area contributed by atoms with Crippen molar-refractivity contribution in [2.24, 2.45) is 0 Å². The predicted octanol–water partition coefficient (Wildman–Crippen LogP) is 5.02. The maximum atomic E-state index is 13.7. The molecule has 0 aliphatic heterocycles. The summed E-state index contributed by atoms with van der Waals surface area (Å²) in [6, 6.07) is 10.9. The van der Waals surface area contributed by atoms with Crippen LogP contribution in [0.4, 0.5) is 18.9 Å². The Bertz CT molecular complexity index is 1250. The van der Waals surface area contributed by atoms with Crippen LogP contribution in [0.2, 0.25) is 5.15 Å². The fourth-order valence-electron chi connectivity index (χ4n) is 2.87. The summed E-state index contributed by atoms with van der Waals surface area (Å²) < 4.78 is 41.6. The van der Waals surface area contributed by atoms with E-state index in [1.807, 2.05) is 6.92 Å². The van der Waals surface area contributed by atoms with Gasteiger partial charge in [-0.1, -0.05) is 41.4 Å². The molecule has 3 heterocycles. The van der Waals surface area contributed by atoms with Gasteiger partial charge in [-0.25, -0.2) is 14.5 Å². The average molecular weight is 432 g/mol. The van der Waals surface area contributed by atoms with E-state index in [0.717, 1.165) is 17.8 Å². The summed E-state index contributed by atoms with van der Waals surface area (Å²) in [6.45, 7) is 1.87. The molecule has 3 aromatic heterocycles. The molecule has 0 saturated carbocycles. The number of carbonyl (C=O) groups is 1. The lowest BCUT2D eigenvalue weighted by Gasteiger charge is -2.12. The number of aryl methyl sites for hydroxylation is 1. The largest absolute Gasteiger partial charge is 0.433 e. The van der Waals surface area contributed by atoms with Gasteiger partial charge in [0.2, 0.25) is 0 Å². The molecule has 6 nitrogen and oxygen atoms in total. The lowest BCUT2D eigenvalue weighted by atomic mass is 10.1. The molecule has 1 aromatic carbocycles. The fraction of sp³-hybridized carbons (Fsp3) is 0.100. The first-order valence-corrected chi connectivity index (χ1v) is 9.07. The van der Waals surface area contributed by atoms with Crippen LogP contribution in [-0.2, 0) is 6.18 Å². The van der Waals surface area contributed by atoms with E-state index in [9.17, 15) is 18.0 Å². The normalized spacial score (nSPS) is 11.6. The number of halogens is 4. The average Bonchev–Trinajstić information content (AvgIpc) is 3.13. The predicted molar refractivity (Wildman–Crippen MR) is 105 cm³/mol. The zero-order valence-electron chi connectivity index (χ0n) is 15.4. The molecule has 1 N–H and O–H groups in total. The number of nitrogens with zero attached hydrogens (tertiary/aromatic N) is 4. The molecule has 0 saturated heterocycles. The number of pyridine rings is 1. The van der Waals surface area contributed by atoms with Crippen LogP contribution in [0, 0.1) is 6.92 Å². The number of nitrogens with one attached hydrogen (secondary N) is 1. The summed E-state index contributed by atoms with van der Waals surface area (Å²) in [5.74, 6) is -0.707. The third-order valence-electron chi connectivity index (χ3n) is 4.36. The number of alkyl halides is 3. The minimum atomic E-state index is -4.70. The van der Waals surface area contributed by atoms with Crippen molar-refractivity contribution in [3.8, 4) is 11.3 Å². The molecule has 10 heteroatoms. The fourth-order valence-corrected chi connectivity index (χ4v) is 3.03. The molecule has 0 unspecified atom stereocenters. The lowest BCUT2D eigenvalue weighted by Crippen LogP contribution is -2.16. The second kappa shape index (κ2) is 7.42. The lowest BCUT2D eigenvalue weighted by molar-refractivity contribution is -0.142. The van der Waals surface area contributed by atoms with Crippen molar-refractivity contribution < 1.29 is 18.0 Å². The highest BCUT2D eigenvalue weighted by atomic mass is 35.5. The van der Waals surface area contributed by atoms with Crippen LogP contribution >= 0.6 is 11.6 Å². The molecular weight excluding hydrogens is 419 g/mol. The molecule has 4 aromatic rings. The Kier molecular flexibility index (Phi) is 4.90. The van der Waals surface area contributed by atoms with E-state index in [2.05, 4.69) is 20.4 Å². The minimum absolute atomic E-state index is 0.0478. The first-order chi connectivity index (χ1) is 14.2. The van der Waals surface area contributed by atoms with Gasteiger partial charge in [0, 0.05) is 11.8 Å². The Morgan fingerprint density at radius 2 is 1.90 bits per heavy atom. The van der Waals surface area contributed by atoms with Crippen LogP contribution in [0.1, 0.15) is 21.6 Å². The molecule has 0 spiro atoms. The Hall–Kier alpha value is -3.46. The van der Waals surface area contributed by atoms with Gasteiger partial charge in [0.25, 0.3) is 5.91 Å². The topological polar surface area (TPSA) is 72.2 Å². The number of hydrogen-bond acceptors (Lipinski definition) is 4. The number of amides is 1. The first kappa shape index (κ1) is 19.8. The molecule has 30 heavy (non-hydrogen) atoms. The summed E-state index contributed by atoms with van der Waals surface area (Å²) in [6.07, 6.45) is -2.22. The van der Waals surface area contributed by atoms with E-state index < -0.39 is 17.8 Å². The second-order valence-electron chi connectivity index (χ2n) is 6.48. The minimum Gasteiger partial charge on any atom is -0.319 e. The van der Waals surface area contributed by atoms with Gasteiger partial charge in [-0.2, -0.15) is 18.3 Å². The first-order valence-electron chi connectivity index (χ1n) is 8.69. The third-order valence-corrected chi connectivity index (χ3v) is 4.66. The summed E-state index contributed by atoms with van der Waals surface area (Å²) in [5, 5.41) is 6.31. The highest BCUT2D eigenvalue weighted by Gasteiger charge is 2.36. The summed E-state index contributed by atoms with van der Waals surface area (Å²) >= 11 is 5.94. The Labute approximate surface area is 173 Å². The summed E-state index contributed by atoms with van der Waals surface area (Å²) in [4.78, 5) is 20.9. The number of fused-ring (bicyclic) bond motifs is 1. The van der Waals surface area contributed by atoms with Crippen molar-refractivity contribution in [1.29, 1.82) is 0 Å². The zero-order valence-corrected chi connectivity index (χ0v) is 16.2. The standard InChI is InChI=1S/C20H13ClF3N5O/c1-11-4-6-12(7-5-11)15-9-16(20(22,23)24)29-18(27-15)13(10-26-29)19(30)28-14-3-2-8-25-17(14)21/h2-10H,1H3,(H,28,30). The van der Waals surface area contributed by atoms with Gasteiger partial charge in [0.05, 0.1) is 17.6 Å². The third kappa shape index (κ3) is 3.71. The number of anilines is 1. The van der Waals surface area contributed by atoms with E-state index in [4.69, 9.17) is 11.6 Å². The monoisotopic (exact) mass is 431 g/mol. The van der Waals surface area contributed by atoms with Crippen LogP contribution in [0.15, 0.2) is 54.9 Å². The van der Waals surface area contributed by atoms with Gasteiger partial charge < -0.3 is 5.32 Å². The van der Waals surface area contributed by atoms with E-state index in [1.54, 1.807) is 30.3 Å². The van der Waals surface area contributed by atoms with Gasteiger partial charge in [-0.15, -0.1) is 0 Å². The summed E-state index contributed by atoms with van der Waals surface area (Å²) in [5.41, 5.74) is 0.331. The number of hydrogen-bond donors (Lipinski definition) is 1. The Morgan fingerprint density at radius 1 is 1.17 bits per heavy atom. The highest BCUT2D eigenvalue weighted by molar-refractivity contribution is 6.32. The molecule has 0 aliphatic carbocycles. The maximum absolute atomic E-state index is 13.7. The maximum Gasteiger partial charge on any atom is 0.433 e. The van der Waals surface area contributed by atoms with Crippen molar-refractivity contribution in [3.05, 3.63) is 76.8 Å². The van der Waals surface area contributed by atoms with E-state index in [-0.39, 0.29) is 27.7 Å². The Balaban J connectivity index is 1.85. The van der Waals surface area contributed by atoms with Crippen LogP contribution in [0.3, 0.4) is 0 Å². The molecule has 1 amide bonds. The van der Waals surface area contributed by atoms with Crippen molar-refractivity contribution >= 4 is 28.8 Å². The quantitative estimate of drug-likeness (QED) is 0.462. The molecule has 0 atom stereocenters. The van der Waals surface area contributed by atoms with Crippen LogP contribution in [0.25, 0.3) is 16.9 Å². The smallest absolute Gasteiger partial charge is 0.319 e. The van der Waals surface area contributed by atoms with E-state index >= 15 is 0 Å². The zero-order chi connectivity index (χ0) is 21.5. The molecule has 0 fully saturated rings. The van der Waals surface area contributed by atoms with Crippen LogP contribution in [0.5, 0.6) is 0 Å². The number of rotatable bonds is 3. The molecule has 152 valence electrons. The Morgan fingerprint density at radius 3 is 2.57 bits per heavy atom. The van der Waals surface area contributed by atoms with E-state index in [1.165, 1.54) is 12.3 Å². The second-order valence-corrected chi connectivity index (χ2v) is 6.84. The van der Waals surface area contributed by atoms with Crippen molar-refractivity contribution in [2.75, 3.05) is 5.32 Å². The van der Waals surface area contributed by atoms with Crippen molar-refractivity contribution in [2.45, 2.75) is 13.1 Å². The molecule has 4 rings (SSSR count). The van der Waals surface area contributed by atoms with Gasteiger partial charge in [-0.3, -0.25) is 4.79 Å². The van der Waals surface area contributed by atoms with Crippen molar-refractivity contribution in [3.63, 3.8) is 0 Å². The molecule has 0 radical (unpaired) electrons. The number of aromatic nitrogens is 4. The number of carbonyl (C=O) groups excluding carboxylic acids is 1. The highest BCUT2D eigenvalue weighted by Crippen LogP contribution is 2.33. The van der Waals surface area contributed by atoms with Gasteiger partial charge >= 0.3 is 6.18 Å². The molecule has 0 bridgehead atoms. The van der Waals surface area contributed by atoms with Crippen LogP contribution in [-0.4, -0.2) is 25.5 Å². The number of benzene rings is 1. The summed E-state index contributed by atoms with van der Waals surface area (Å²) in [7, 11) is 0. The van der Waals surface area contributed by atoms with Gasteiger partial charge in [0.1, 0.15) is 5.56 Å².